The summed E-state index contributed by atoms with van der Waals surface area (Å²) in [6.07, 6.45) is 1.12. The van der Waals surface area contributed by atoms with Gasteiger partial charge in [0.2, 0.25) is 11.8 Å². The molecule has 21 heavy (non-hydrogen) atoms. The van der Waals surface area contributed by atoms with Gasteiger partial charge in [-0.15, -0.1) is 10.2 Å². The second-order valence-electron chi connectivity index (χ2n) is 5.09. The summed E-state index contributed by atoms with van der Waals surface area (Å²) in [4.78, 5) is 11.6. The van der Waals surface area contributed by atoms with Gasteiger partial charge in [0.1, 0.15) is 0 Å². The maximum atomic E-state index is 11.6. The molecule has 2 heterocycles. The van der Waals surface area contributed by atoms with Crippen LogP contribution in [0.1, 0.15) is 26.2 Å². The van der Waals surface area contributed by atoms with Crippen LogP contribution < -0.4 is 5.32 Å². The number of carbonyl (C=O) groups is 1. The Bertz CT molecular complexity index is 599. The highest BCUT2D eigenvalue weighted by atomic mass is 32.2. The molecule has 0 bridgehead atoms. The normalized spacial score (nSPS) is 22.1. The maximum Gasteiger partial charge on any atom is 0.277 e. The summed E-state index contributed by atoms with van der Waals surface area (Å²) >= 11 is 1.20. The lowest BCUT2D eigenvalue weighted by atomic mass is 10.1. The number of rotatable bonds is 6. The van der Waals surface area contributed by atoms with Crippen molar-refractivity contribution in [3.63, 3.8) is 0 Å². The van der Waals surface area contributed by atoms with Crippen molar-refractivity contribution in [1.29, 1.82) is 0 Å². The molecule has 0 spiro atoms. The Morgan fingerprint density at radius 3 is 2.90 bits per heavy atom. The monoisotopic (exact) mass is 333 g/mol. The fraction of sp³-hybridized carbons (Fsp3) is 0.750. The molecular formula is C12H19N3O4S2. The smallest absolute Gasteiger partial charge is 0.277 e. The lowest BCUT2D eigenvalue weighted by Crippen LogP contribution is -2.30. The van der Waals surface area contributed by atoms with Gasteiger partial charge in [0.15, 0.2) is 9.84 Å². The van der Waals surface area contributed by atoms with E-state index in [0.717, 1.165) is 0 Å². The van der Waals surface area contributed by atoms with E-state index in [0.29, 0.717) is 30.5 Å². The molecule has 1 aromatic rings. The molecule has 1 aliphatic rings. The molecule has 0 radical (unpaired) electrons. The quantitative estimate of drug-likeness (QED) is 0.763. The number of thioether (sulfide) groups is 1. The molecule has 1 aromatic heterocycles. The van der Waals surface area contributed by atoms with Crippen molar-refractivity contribution in [2.24, 2.45) is 5.92 Å². The molecule has 1 aliphatic heterocycles. The minimum absolute atomic E-state index is 0.0501. The predicted molar refractivity (Wildman–Crippen MR) is 78.8 cm³/mol. The molecule has 0 saturated carbocycles. The highest BCUT2D eigenvalue weighted by Crippen LogP contribution is 2.25. The SMILES string of the molecule is CCNC(=O)[C@@H](C)Sc1nnc(C[C@@H]2CCS(=O)(=O)C2)o1. The van der Waals surface area contributed by atoms with Gasteiger partial charge in [-0.1, -0.05) is 11.8 Å². The van der Waals surface area contributed by atoms with Gasteiger partial charge >= 0.3 is 0 Å². The van der Waals surface area contributed by atoms with E-state index in [1.807, 2.05) is 6.92 Å². The summed E-state index contributed by atoms with van der Waals surface area (Å²) in [5, 5.41) is 10.6. The molecule has 118 valence electrons. The van der Waals surface area contributed by atoms with Gasteiger partial charge in [-0.05, 0) is 26.2 Å². The van der Waals surface area contributed by atoms with Gasteiger partial charge in [-0.3, -0.25) is 4.79 Å². The van der Waals surface area contributed by atoms with E-state index in [1.165, 1.54) is 11.8 Å². The van der Waals surface area contributed by atoms with Crippen LogP contribution in [-0.4, -0.2) is 47.8 Å². The molecule has 2 atom stereocenters. The number of sulfone groups is 1. The summed E-state index contributed by atoms with van der Waals surface area (Å²) < 4.78 is 28.3. The molecule has 1 fully saturated rings. The Labute approximate surface area is 128 Å². The third-order valence-corrected chi connectivity index (χ3v) is 6.01. The molecule has 7 nitrogen and oxygen atoms in total. The minimum atomic E-state index is -2.89. The lowest BCUT2D eigenvalue weighted by Gasteiger charge is -2.07. The van der Waals surface area contributed by atoms with Crippen LogP contribution in [0.4, 0.5) is 0 Å². The summed E-state index contributed by atoms with van der Waals surface area (Å²) in [6.45, 7) is 4.20. The standard InChI is InChI=1S/C12H19N3O4S2/c1-3-13-11(16)8(2)20-12-15-14-10(19-12)6-9-4-5-21(17,18)7-9/h8-9H,3-7H2,1-2H3,(H,13,16)/t8-,9+/m1/s1. The van der Waals surface area contributed by atoms with Crippen LogP contribution in [0.5, 0.6) is 0 Å². The fourth-order valence-corrected chi connectivity index (χ4v) is 4.76. The Balaban J connectivity index is 1.88. The molecule has 0 aliphatic carbocycles. The number of aromatic nitrogens is 2. The second-order valence-corrected chi connectivity index (χ2v) is 8.61. The van der Waals surface area contributed by atoms with Crippen molar-refractivity contribution >= 4 is 27.5 Å². The van der Waals surface area contributed by atoms with Crippen LogP contribution >= 0.6 is 11.8 Å². The largest absolute Gasteiger partial charge is 0.416 e. The Morgan fingerprint density at radius 2 is 2.29 bits per heavy atom. The summed E-state index contributed by atoms with van der Waals surface area (Å²) in [6, 6.07) is 0. The summed E-state index contributed by atoms with van der Waals surface area (Å²) in [7, 11) is -2.89. The average Bonchev–Trinajstić information content (AvgIpc) is 2.97. The number of nitrogens with zero attached hydrogens (tertiary/aromatic N) is 2. The second kappa shape index (κ2) is 6.78. The van der Waals surface area contributed by atoms with Crippen LogP contribution in [0, 0.1) is 5.92 Å². The predicted octanol–water partition coefficient (Wildman–Crippen LogP) is 0.664. The van der Waals surface area contributed by atoms with E-state index in [2.05, 4.69) is 15.5 Å². The van der Waals surface area contributed by atoms with E-state index in [-0.39, 0.29) is 28.6 Å². The first kappa shape index (κ1) is 16.3. The van der Waals surface area contributed by atoms with Crippen LogP contribution in [0.15, 0.2) is 9.64 Å². The number of carbonyl (C=O) groups excluding carboxylic acids is 1. The first-order valence-electron chi connectivity index (χ1n) is 6.87. The molecular weight excluding hydrogens is 314 g/mol. The number of nitrogens with one attached hydrogen (secondary N) is 1. The first-order valence-corrected chi connectivity index (χ1v) is 9.57. The lowest BCUT2D eigenvalue weighted by molar-refractivity contribution is -0.120. The zero-order chi connectivity index (χ0) is 15.5. The zero-order valence-corrected chi connectivity index (χ0v) is 13.7. The van der Waals surface area contributed by atoms with Crippen LogP contribution in [0.3, 0.4) is 0 Å². The first-order chi connectivity index (χ1) is 9.89. The van der Waals surface area contributed by atoms with Crippen LogP contribution in [0.25, 0.3) is 0 Å². The molecule has 1 N–H and O–H groups in total. The molecule has 1 saturated heterocycles. The van der Waals surface area contributed by atoms with E-state index in [1.54, 1.807) is 6.92 Å². The molecule has 2 rings (SSSR count). The topological polar surface area (TPSA) is 102 Å². The van der Waals surface area contributed by atoms with E-state index in [4.69, 9.17) is 4.42 Å². The highest BCUT2D eigenvalue weighted by Gasteiger charge is 2.29. The molecule has 0 aromatic carbocycles. The zero-order valence-electron chi connectivity index (χ0n) is 12.0. The summed E-state index contributed by atoms with van der Waals surface area (Å²) in [5.74, 6) is 0.829. The number of hydrogen-bond acceptors (Lipinski definition) is 7. The molecule has 1 amide bonds. The van der Waals surface area contributed by atoms with Gasteiger partial charge in [0.05, 0.1) is 16.8 Å². The molecule has 9 heteroatoms. The Morgan fingerprint density at radius 1 is 1.52 bits per heavy atom. The maximum absolute atomic E-state index is 11.6. The van der Waals surface area contributed by atoms with Crippen molar-refractivity contribution in [1.82, 2.24) is 15.5 Å². The van der Waals surface area contributed by atoms with Gasteiger partial charge in [-0.2, -0.15) is 0 Å². The van der Waals surface area contributed by atoms with Crippen LogP contribution in [-0.2, 0) is 21.1 Å². The van der Waals surface area contributed by atoms with E-state index >= 15 is 0 Å². The average molecular weight is 333 g/mol. The van der Waals surface area contributed by atoms with E-state index in [9.17, 15) is 13.2 Å². The van der Waals surface area contributed by atoms with Crippen molar-refractivity contribution in [3.8, 4) is 0 Å². The van der Waals surface area contributed by atoms with Gasteiger partial charge in [0.25, 0.3) is 5.22 Å². The highest BCUT2D eigenvalue weighted by molar-refractivity contribution is 8.00. The van der Waals surface area contributed by atoms with Gasteiger partial charge in [0, 0.05) is 13.0 Å². The van der Waals surface area contributed by atoms with Crippen molar-refractivity contribution in [2.45, 2.75) is 37.2 Å². The summed E-state index contributed by atoms with van der Waals surface area (Å²) in [5.41, 5.74) is 0. The van der Waals surface area contributed by atoms with Crippen molar-refractivity contribution in [3.05, 3.63) is 5.89 Å². The number of hydrogen-bond donors (Lipinski definition) is 1. The fourth-order valence-electron chi connectivity index (χ4n) is 2.17. The Kier molecular flexibility index (Phi) is 5.26. The van der Waals surface area contributed by atoms with Crippen LogP contribution in [0.2, 0.25) is 0 Å². The third kappa shape index (κ3) is 4.70. The van der Waals surface area contributed by atoms with Crippen molar-refractivity contribution in [2.75, 3.05) is 18.1 Å². The minimum Gasteiger partial charge on any atom is -0.416 e. The third-order valence-electron chi connectivity index (χ3n) is 3.24. The van der Waals surface area contributed by atoms with Gasteiger partial charge in [-0.25, -0.2) is 8.42 Å². The van der Waals surface area contributed by atoms with E-state index < -0.39 is 9.84 Å². The number of amides is 1. The van der Waals surface area contributed by atoms with Crippen molar-refractivity contribution < 1.29 is 17.6 Å². The molecule has 0 unspecified atom stereocenters. The Hall–Kier alpha value is -1.09. The van der Waals surface area contributed by atoms with Gasteiger partial charge < -0.3 is 9.73 Å².